The molecule has 0 bridgehead atoms. The fourth-order valence-corrected chi connectivity index (χ4v) is 3.05. The van der Waals surface area contributed by atoms with Crippen molar-refractivity contribution in [1.82, 2.24) is 10.3 Å². The van der Waals surface area contributed by atoms with E-state index in [-0.39, 0.29) is 0 Å². The molecule has 1 aromatic carbocycles. The van der Waals surface area contributed by atoms with Crippen LogP contribution in [0, 0.1) is 0 Å². The predicted molar refractivity (Wildman–Crippen MR) is 84.4 cm³/mol. The monoisotopic (exact) mass is 282 g/mol. The average Bonchev–Trinajstić information content (AvgIpc) is 2.54. The minimum absolute atomic E-state index is 0.473. The molecule has 0 saturated carbocycles. The van der Waals surface area contributed by atoms with E-state index in [1.165, 1.54) is 24.0 Å². The molecule has 1 unspecified atom stereocenters. The maximum atomic E-state index is 6.05. The maximum Gasteiger partial charge on any atom is 0.123 e. The zero-order valence-corrected chi connectivity index (χ0v) is 12.5. The van der Waals surface area contributed by atoms with Crippen LogP contribution < -0.4 is 10.1 Å². The van der Waals surface area contributed by atoms with Gasteiger partial charge in [0.15, 0.2) is 0 Å². The number of fused-ring (bicyclic) bond motifs is 1. The van der Waals surface area contributed by atoms with E-state index in [4.69, 9.17) is 4.74 Å². The Kier molecular flexibility index (Phi) is 4.51. The Bertz CT molecular complexity index is 583. The Morgan fingerprint density at radius 3 is 3.05 bits per heavy atom. The molecule has 0 fully saturated rings. The summed E-state index contributed by atoms with van der Waals surface area (Å²) in [5, 5.41) is 3.58. The fraction of sp³-hybridized carbons (Fsp3) is 0.389. The van der Waals surface area contributed by atoms with Crippen molar-refractivity contribution in [3.63, 3.8) is 0 Å². The Hall–Kier alpha value is -1.87. The first-order chi connectivity index (χ1) is 10.4. The molecule has 2 aromatic rings. The third-order valence-electron chi connectivity index (χ3n) is 4.03. The fourth-order valence-electron chi connectivity index (χ4n) is 3.05. The standard InChI is InChI=1S/C18H22N2O/c1-2-20-17-9-3-8-16-15(17)7-4-10-18(16)21-13-14-6-5-11-19-12-14/h4-7,10-12,17,20H,2-3,8-9,13H2,1H3. The number of hydrogen-bond donors (Lipinski definition) is 1. The summed E-state index contributed by atoms with van der Waals surface area (Å²) < 4.78 is 6.05. The number of rotatable bonds is 5. The smallest absolute Gasteiger partial charge is 0.123 e. The molecule has 110 valence electrons. The normalized spacial score (nSPS) is 17.3. The minimum Gasteiger partial charge on any atom is -0.489 e. The summed E-state index contributed by atoms with van der Waals surface area (Å²) >= 11 is 0. The number of hydrogen-bond acceptors (Lipinski definition) is 3. The highest BCUT2D eigenvalue weighted by Crippen LogP contribution is 2.35. The van der Waals surface area contributed by atoms with E-state index < -0.39 is 0 Å². The van der Waals surface area contributed by atoms with E-state index in [2.05, 4.69) is 35.4 Å². The molecular weight excluding hydrogens is 260 g/mol. The van der Waals surface area contributed by atoms with Crippen molar-refractivity contribution in [3.05, 3.63) is 59.4 Å². The molecule has 1 N–H and O–H groups in total. The topological polar surface area (TPSA) is 34.1 Å². The van der Waals surface area contributed by atoms with Crippen molar-refractivity contribution in [1.29, 1.82) is 0 Å². The lowest BCUT2D eigenvalue weighted by atomic mass is 9.87. The van der Waals surface area contributed by atoms with Crippen LogP contribution in [0.1, 0.15) is 42.5 Å². The lowest BCUT2D eigenvalue weighted by Crippen LogP contribution is -2.25. The molecule has 1 aliphatic rings. The van der Waals surface area contributed by atoms with Crippen LogP contribution in [0.5, 0.6) is 5.75 Å². The average molecular weight is 282 g/mol. The zero-order valence-electron chi connectivity index (χ0n) is 12.5. The second-order valence-electron chi connectivity index (χ2n) is 5.48. The summed E-state index contributed by atoms with van der Waals surface area (Å²) in [4.78, 5) is 4.13. The predicted octanol–water partition coefficient (Wildman–Crippen LogP) is 3.65. The highest BCUT2D eigenvalue weighted by molar-refractivity contribution is 5.43. The summed E-state index contributed by atoms with van der Waals surface area (Å²) in [5.41, 5.74) is 3.89. The van der Waals surface area contributed by atoms with Gasteiger partial charge in [0.05, 0.1) is 0 Å². The summed E-state index contributed by atoms with van der Waals surface area (Å²) in [6, 6.07) is 10.9. The van der Waals surface area contributed by atoms with Crippen LogP contribution in [-0.2, 0) is 13.0 Å². The van der Waals surface area contributed by atoms with E-state index in [1.54, 1.807) is 6.20 Å². The van der Waals surface area contributed by atoms with Crippen molar-refractivity contribution < 1.29 is 4.74 Å². The van der Waals surface area contributed by atoms with Crippen LogP contribution in [0.25, 0.3) is 0 Å². The van der Waals surface area contributed by atoms with Gasteiger partial charge in [-0.25, -0.2) is 0 Å². The molecule has 21 heavy (non-hydrogen) atoms. The van der Waals surface area contributed by atoms with Gasteiger partial charge in [-0.05, 0) is 49.1 Å². The maximum absolute atomic E-state index is 6.05. The first kappa shape index (κ1) is 14.1. The molecule has 0 radical (unpaired) electrons. The second-order valence-corrected chi connectivity index (χ2v) is 5.48. The van der Waals surface area contributed by atoms with Crippen LogP contribution in [0.2, 0.25) is 0 Å². The number of benzene rings is 1. The number of pyridine rings is 1. The van der Waals surface area contributed by atoms with Gasteiger partial charge in [-0.15, -0.1) is 0 Å². The summed E-state index contributed by atoms with van der Waals surface area (Å²) in [6.45, 7) is 3.75. The third kappa shape index (κ3) is 3.24. The first-order valence-corrected chi connectivity index (χ1v) is 7.75. The van der Waals surface area contributed by atoms with Gasteiger partial charge in [0.25, 0.3) is 0 Å². The van der Waals surface area contributed by atoms with E-state index in [0.29, 0.717) is 12.6 Å². The first-order valence-electron chi connectivity index (χ1n) is 7.75. The van der Waals surface area contributed by atoms with Crippen molar-refractivity contribution in [3.8, 4) is 5.75 Å². The Labute approximate surface area is 126 Å². The SMILES string of the molecule is CCNC1CCCc2c(OCc3cccnc3)cccc21. The molecule has 3 heteroatoms. The second kappa shape index (κ2) is 6.72. The van der Waals surface area contributed by atoms with Crippen molar-refractivity contribution in [2.24, 2.45) is 0 Å². The number of nitrogens with one attached hydrogen (secondary N) is 1. The molecule has 1 aromatic heterocycles. The van der Waals surface area contributed by atoms with E-state index in [0.717, 1.165) is 24.3 Å². The van der Waals surface area contributed by atoms with Crippen molar-refractivity contribution >= 4 is 0 Å². The molecular formula is C18H22N2O. The van der Waals surface area contributed by atoms with E-state index in [1.807, 2.05) is 18.3 Å². The van der Waals surface area contributed by atoms with E-state index >= 15 is 0 Å². The van der Waals surface area contributed by atoms with Gasteiger partial charge >= 0.3 is 0 Å². The molecule has 0 spiro atoms. The molecule has 1 atom stereocenters. The lowest BCUT2D eigenvalue weighted by molar-refractivity contribution is 0.299. The van der Waals surface area contributed by atoms with Crippen LogP contribution in [0.4, 0.5) is 0 Å². The van der Waals surface area contributed by atoms with Gasteiger partial charge in [-0.1, -0.05) is 25.1 Å². The molecule has 0 saturated heterocycles. The van der Waals surface area contributed by atoms with Crippen LogP contribution in [0.3, 0.4) is 0 Å². The minimum atomic E-state index is 0.473. The molecule has 1 heterocycles. The summed E-state index contributed by atoms with van der Waals surface area (Å²) in [6.07, 6.45) is 7.19. The molecule has 0 amide bonds. The quantitative estimate of drug-likeness (QED) is 0.909. The van der Waals surface area contributed by atoms with Crippen LogP contribution in [0.15, 0.2) is 42.7 Å². The summed E-state index contributed by atoms with van der Waals surface area (Å²) in [7, 11) is 0. The Morgan fingerprint density at radius 2 is 2.24 bits per heavy atom. The van der Waals surface area contributed by atoms with Gasteiger partial charge < -0.3 is 10.1 Å². The number of ether oxygens (including phenoxy) is 1. The Morgan fingerprint density at radius 1 is 1.29 bits per heavy atom. The molecule has 0 aliphatic heterocycles. The zero-order chi connectivity index (χ0) is 14.5. The van der Waals surface area contributed by atoms with Gasteiger partial charge in [0.1, 0.15) is 12.4 Å². The molecule has 3 rings (SSSR count). The number of nitrogens with zero attached hydrogens (tertiary/aromatic N) is 1. The van der Waals surface area contributed by atoms with Gasteiger partial charge in [-0.3, -0.25) is 4.98 Å². The number of aromatic nitrogens is 1. The molecule has 3 nitrogen and oxygen atoms in total. The van der Waals surface area contributed by atoms with Crippen molar-refractivity contribution in [2.75, 3.05) is 6.54 Å². The van der Waals surface area contributed by atoms with Crippen LogP contribution >= 0.6 is 0 Å². The third-order valence-corrected chi connectivity index (χ3v) is 4.03. The highest BCUT2D eigenvalue weighted by Gasteiger charge is 2.21. The molecule has 1 aliphatic carbocycles. The van der Waals surface area contributed by atoms with Crippen molar-refractivity contribution in [2.45, 2.75) is 38.8 Å². The van der Waals surface area contributed by atoms with Gasteiger partial charge in [0.2, 0.25) is 0 Å². The van der Waals surface area contributed by atoms with Gasteiger partial charge in [-0.2, -0.15) is 0 Å². The summed E-state index contributed by atoms with van der Waals surface area (Å²) in [5.74, 6) is 1.03. The van der Waals surface area contributed by atoms with Gasteiger partial charge in [0, 0.05) is 24.0 Å². The lowest BCUT2D eigenvalue weighted by Gasteiger charge is -2.27. The largest absolute Gasteiger partial charge is 0.489 e. The Balaban J connectivity index is 1.78. The van der Waals surface area contributed by atoms with E-state index in [9.17, 15) is 0 Å². The van der Waals surface area contributed by atoms with Crippen LogP contribution in [-0.4, -0.2) is 11.5 Å². The highest BCUT2D eigenvalue weighted by atomic mass is 16.5.